The van der Waals surface area contributed by atoms with Crippen LogP contribution < -0.4 is 15.4 Å². The van der Waals surface area contributed by atoms with Crippen LogP contribution in [0.4, 0.5) is 0 Å². The molecule has 0 radical (unpaired) electrons. The average Bonchev–Trinajstić information content (AvgIpc) is 2.99. The molecule has 24 heavy (non-hydrogen) atoms. The highest BCUT2D eigenvalue weighted by molar-refractivity contribution is 7.11. The van der Waals surface area contributed by atoms with Crippen LogP contribution in [0, 0.1) is 12.8 Å². The molecule has 1 aromatic carbocycles. The minimum absolute atomic E-state index is 0.502. The van der Waals surface area contributed by atoms with E-state index in [0.29, 0.717) is 25.6 Å². The van der Waals surface area contributed by atoms with Gasteiger partial charge in [-0.05, 0) is 18.9 Å². The summed E-state index contributed by atoms with van der Waals surface area (Å²) in [6, 6.07) is 8.10. The Morgan fingerprint density at radius 3 is 2.67 bits per heavy atom. The molecule has 1 heterocycles. The van der Waals surface area contributed by atoms with Crippen LogP contribution in [0.1, 0.15) is 29.3 Å². The van der Waals surface area contributed by atoms with E-state index in [-0.39, 0.29) is 0 Å². The Labute approximate surface area is 148 Å². The van der Waals surface area contributed by atoms with Gasteiger partial charge in [-0.15, -0.1) is 11.3 Å². The minimum atomic E-state index is 0.502. The van der Waals surface area contributed by atoms with Crippen molar-refractivity contribution in [3.05, 3.63) is 45.9 Å². The maximum absolute atomic E-state index is 5.89. The fraction of sp³-hybridized carbons (Fsp3) is 0.444. The van der Waals surface area contributed by atoms with Gasteiger partial charge in [0.1, 0.15) is 10.8 Å². The van der Waals surface area contributed by atoms with Crippen molar-refractivity contribution < 1.29 is 4.74 Å². The van der Waals surface area contributed by atoms with Crippen LogP contribution in [0.15, 0.2) is 35.5 Å². The molecular weight excluding hydrogens is 320 g/mol. The summed E-state index contributed by atoms with van der Waals surface area (Å²) in [5.41, 5.74) is 1.12. The predicted octanol–water partition coefficient (Wildman–Crippen LogP) is 3.35. The van der Waals surface area contributed by atoms with Crippen LogP contribution in [-0.4, -0.2) is 24.6 Å². The van der Waals surface area contributed by atoms with Gasteiger partial charge in [0, 0.05) is 30.2 Å². The van der Waals surface area contributed by atoms with Gasteiger partial charge in [0.25, 0.3) is 0 Å². The largest absolute Gasteiger partial charge is 0.493 e. The first-order valence-electron chi connectivity index (χ1n) is 8.15. The fourth-order valence-corrected chi connectivity index (χ4v) is 2.82. The van der Waals surface area contributed by atoms with Gasteiger partial charge >= 0.3 is 0 Å². The van der Waals surface area contributed by atoms with Gasteiger partial charge < -0.3 is 15.4 Å². The van der Waals surface area contributed by atoms with E-state index in [1.807, 2.05) is 24.4 Å². The number of nitrogens with zero attached hydrogens (tertiary/aromatic N) is 2. The van der Waals surface area contributed by atoms with Gasteiger partial charge in [0.05, 0.1) is 13.2 Å². The van der Waals surface area contributed by atoms with Crippen molar-refractivity contribution in [2.45, 2.75) is 33.9 Å². The number of nitrogens with one attached hydrogen (secondary N) is 2. The van der Waals surface area contributed by atoms with E-state index >= 15 is 0 Å². The first-order valence-corrected chi connectivity index (χ1v) is 8.96. The number of guanidine groups is 1. The molecule has 0 spiro atoms. The van der Waals surface area contributed by atoms with Gasteiger partial charge in [0.2, 0.25) is 0 Å². The summed E-state index contributed by atoms with van der Waals surface area (Å²) in [5, 5.41) is 7.66. The maximum Gasteiger partial charge on any atom is 0.191 e. The van der Waals surface area contributed by atoms with E-state index in [2.05, 4.69) is 47.4 Å². The number of benzene rings is 1. The van der Waals surface area contributed by atoms with E-state index in [0.717, 1.165) is 22.3 Å². The molecule has 0 aliphatic carbocycles. The molecule has 0 saturated heterocycles. The zero-order valence-corrected chi connectivity index (χ0v) is 15.6. The molecule has 130 valence electrons. The molecule has 0 atom stereocenters. The average molecular weight is 347 g/mol. The molecule has 1 aromatic heterocycles. The molecule has 0 bridgehead atoms. The van der Waals surface area contributed by atoms with Crippen molar-refractivity contribution in [1.29, 1.82) is 0 Å². The number of thiazole rings is 1. The lowest BCUT2D eigenvalue weighted by Crippen LogP contribution is -2.36. The van der Waals surface area contributed by atoms with Crippen LogP contribution in [0.3, 0.4) is 0 Å². The third kappa shape index (κ3) is 5.85. The Hall–Kier alpha value is -2.08. The van der Waals surface area contributed by atoms with E-state index in [9.17, 15) is 0 Å². The summed E-state index contributed by atoms with van der Waals surface area (Å²) in [6.07, 6.45) is 1.89. The third-order valence-electron chi connectivity index (χ3n) is 3.29. The van der Waals surface area contributed by atoms with Gasteiger partial charge in [-0.25, -0.2) is 4.98 Å². The lowest BCUT2D eigenvalue weighted by Gasteiger charge is -2.15. The summed E-state index contributed by atoms with van der Waals surface area (Å²) in [6.45, 7) is 8.39. The second-order valence-corrected chi connectivity index (χ2v) is 7.28. The SMILES string of the molecule is CN=C(NCc1ncc(C)s1)NCc1ccccc1OCC(C)C. The maximum atomic E-state index is 5.89. The molecule has 0 unspecified atom stereocenters. The summed E-state index contributed by atoms with van der Waals surface area (Å²) in [7, 11) is 1.77. The molecule has 5 nitrogen and oxygen atoms in total. The molecular formula is C18H26N4OS. The van der Waals surface area contributed by atoms with Crippen LogP contribution in [0.25, 0.3) is 0 Å². The van der Waals surface area contributed by atoms with Crippen LogP contribution in [-0.2, 0) is 13.1 Å². The second-order valence-electron chi connectivity index (χ2n) is 5.96. The van der Waals surface area contributed by atoms with Gasteiger partial charge in [-0.2, -0.15) is 0 Å². The second kappa shape index (κ2) is 9.27. The van der Waals surface area contributed by atoms with Gasteiger partial charge in [-0.1, -0.05) is 32.0 Å². The molecule has 0 aliphatic rings. The molecule has 0 fully saturated rings. The number of aryl methyl sites for hydroxylation is 1. The van der Waals surface area contributed by atoms with Crippen LogP contribution in [0.5, 0.6) is 5.75 Å². The minimum Gasteiger partial charge on any atom is -0.493 e. The lowest BCUT2D eigenvalue weighted by molar-refractivity contribution is 0.268. The normalized spacial score (nSPS) is 11.6. The fourth-order valence-electron chi connectivity index (χ4n) is 2.09. The van der Waals surface area contributed by atoms with E-state index in [1.165, 1.54) is 4.88 Å². The zero-order valence-electron chi connectivity index (χ0n) is 14.8. The Kier molecular flexibility index (Phi) is 7.06. The Bertz CT molecular complexity index is 667. The summed E-state index contributed by atoms with van der Waals surface area (Å²) in [5.74, 6) is 2.17. The van der Waals surface area contributed by atoms with Crippen molar-refractivity contribution in [1.82, 2.24) is 15.6 Å². The van der Waals surface area contributed by atoms with E-state index < -0.39 is 0 Å². The van der Waals surface area contributed by atoms with E-state index in [1.54, 1.807) is 18.4 Å². The quantitative estimate of drug-likeness (QED) is 0.596. The molecule has 0 amide bonds. The van der Waals surface area contributed by atoms with Crippen molar-refractivity contribution in [2.24, 2.45) is 10.9 Å². The Balaban J connectivity index is 1.88. The van der Waals surface area contributed by atoms with Gasteiger partial charge in [0.15, 0.2) is 5.96 Å². The van der Waals surface area contributed by atoms with Crippen molar-refractivity contribution in [2.75, 3.05) is 13.7 Å². The number of rotatable bonds is 7. The zero-order chi connectivity index (χ0) is 17.4. The first kappa shape index (κ1) is 18.3. The number of hydrogen-bond donors (Lipinski definition) is 2. The Morgan fingerprint density at radius 1 is 1.25 bits per heavy atom. The van der Waals surface area contributed by atoms with E-state index in [4.69, 9.17) is 4.74 Å². The summed E-state index contributed by atoms with van der Waals surface area (Å²) < 4.78 is 5.89. The molecule has 2 N–H and O–H groups in total. The first-order chi connectivity index (χ1) is 11.6. The topological polar surface area (TPSA) is 58.5 Å². The lowest BCUT2D eigenvalue weighted by atomic mass is 10.2. The van der Waals surface area contributed by atoms with Gasteiger partial charge in [-0.3, -0.25) is 4.99 Å². The highest BCUT2D eigenvalue weighted by atomic mass is 32.1. The summed E-state index contributed by atoms with van der Waals surface area (Å²) >= 11 is 1.69. The van der Waals surface area contributed by atoms with Crippen molar-refractivity contribution in [3.8, 4) is 5.75 Å². The third-order valence-corrected chi connectivity index (χ3v) is 4.20. The number of aromatic nitrogens is 1. The molecule has 0 saturated carbocycles. The molecule has 6 heteroatoms. The standard InChI is InChI=1S/C18H26N4OS/c1-13(2)12-23-16-8-6-5-7-15(16)10-21-18(19-4)22-11-17-20-9-14(3)24-17/h5-9,13H,10-12H2,1-4H3,(H2,19,21,22). The van der Waals surface area contributed by atoms with Crippen LogP contribution in [0.2, 0.25) is 0 Å². The number of hydrogen-bond acceptors (Lipinski definition) is 4. The van der Waals surface area contributed by atoms with Crippen molar-refractivity contribution >= 4 is 17.3 Å². The molecule has 2 aromatic rings. The van der Waals surface area contributed by atoms with Crippen LogP contribution >= 0.6 is 11.3 Å². The number of para-hydroxylation sites is 1. The summed E-state index contributed by atoms with van der Waals surface area (Å²) in [4.78, 5) is 9.82. The Morgan fingerprint density at radius 2 is 2.00 bits per heavy atom. The molecule has 0 aliphatic heterocycles. The number of ether oxygens (including phenoxy) is 1. The highest BCUT2D eigenvalue weighted by Gasteiger charge is 2.06. The monoisotopic (exact) mass is 346 g/mol. The number of aliphatic imine (C=N–C) groups is 1. The molecule has 2 rings (SSSR count). The smallest absolute Gasteiger partial charge is 0.191 e. The van der Waals surface area contributed by atoms with Crippen molar-refractivity contribution in [3.63, 3.8) is 0 Å². The predicted molar refractivity (Wildman–Crippen MR) is 101 cm³/mol. The highest BCUT2D eigenvalue weighted by Crippen LogP contribution is 2.18.